The number of nitrogens with zero attached hydrogens (tertiary/aromatic N) is 1. The molecule has 0 saturated carbocycles. The van der Waals surface area contributed by atoms with E-state index in [-0.39, 0.29) is 0 Å². The highest BCUT2D eigenvalue weighted by Gasteiger charge is 2.26. The zero-order chi connectivity index (χ0) is 13.2. The molecule has 1 fully saturated rings. The average molecular weight is 261 g/mol. The molecule has 4 heteroatoms. The Hall–Kier alpha value is -1.55. The number of carboxylic acid groups (broad SMARTS) is 1. The summed E-state index contributed by atoms with van der Waals surface area (Å²) in [6.45, 7) is 2.75. The van der Waals surface area contributed by atoms with Gasteiger partial charge in [-0.25, -0.2) is 4.79 Å². The van der Waals surface area contributed by atoms with Gasteiger partial charge in [0.25, 0.3) is 0 Å². The van der Waals surface area contributed by atoms with Gasteiger partial charge in [0.1, 0.15) is 0 Å². The van der Waals surface area contributed by atoms with Gasteiger partial charge in [-0.15, -0.1) is 0 Å². The normalized spacial score (nSPS) is 20.1. The van der Waals surface area contributed by atoms with Crippen molar-refractivity contribution in [1.82, 2.24) is 0 Å². The molecular formula is C15H19NO3. The van der Waals surface area contributed by atoms with Crippen LogP contribution in [0.3, 0.4) is 0 Å². The number of anilines is 1. The number of hydrogen-bond acceptors (Lipinski definition) is 3. The fourth-order valence-electron chi connectivity index (χ4n) is 3.14. The minimum absolute atomic E-state index is 0.396. The maximum Gasteiger partial charge on any atom is 0.335 e. The smallest absolute Gasteiger partial charge is 0.335 e. The number of fused-ring (bicyclic) bond motifs is 1. The summed E-state index contributed by atoms with van der Waals surface area (Å²) in [5.74, 6) is -0.842. The predicted molar refractivity (Wildman–Crippen MR) is 72.9 cm³/mol. The van der Waals surface area contributed by atoms with Gasteiger partial charge in [-0.1, -0.05) is 0 Å². The van der Waals surface area contributed by atoms with E-state index in [0.717, 1.165) is 45.4 Å². The van der Waals surface area contributed by atoms with Crippen LogP contribution in [0.5, 0.6) is 0 Å². The summed E-state index contributed by atoms with van der Waals surface area (Å²) in [5.41, 5.74) is 2.80. The Balaban J connectivity index is 1.89. The molecule has 0 atom stereocenters. The van der Waals surface area contributed by atoms with Gasteiger partial charge in [0.05, 0.1) is 5.56 Å². The van der Waals surface area contributed by atoms with E-state index < -0.39 is 5.97 Å². The van der Waals surface area contributed by atoms with Crippen molar-refractivity contribution in [3.05, 3.63) is 29.3 Å². The Morgan fingerprint density at radius 3 is 2.84 bits per heavy atom. The number of ether oxygens (including phenoxy) is 1. The van der Waals surface area contributed by atoms with E-state index in [9.17, 15) is 4.79 Å². The van der Waals surface area contributed by atoms with Crippen molar-refractivity contribution in [3.63, 3.8) is 0 Å². The second-order valence-corrected chi connectivity index (χ2v) is 5.29. The summed E-state index contributed by atoms with van der Waals surface area (Å²) < 4.78 is 5.42. The molecule has 0 amide bonds. The Morgan fingerprint density at radius 1 is 1.32 bits per heavy atom. The van der Waals surface area contributed by atoms with Gasteiger partial charge in [0, 0.05) is 31.5 Å². The van der Waals surface area contributed by atoms with Crippen LogP contribution in [0.1, 0.15) is 35.2 Å². The van der Waals surface area contributed by atoms with E-state index in [1.807, 2.05) is 12.1 Å². The Labute approximate surface area is 113 Å². The third-order valence-electron chi connectivity index (χ3n) is 4.11. The molecule has 19 heavy (non-hydrogen) atoms. The van der Waals surface area contributed by atoms with Crippen LogP contribution in [-0.2, 0) is 11.2 Å². The molecule has 2 heterocycles. The SMILES string of the molecule is O=C(O)c1ccc2c(c1)CCCN2C1CCOCC1. The molecule has 1 saturated heterocycles. The lowest BCUT2D eigenvalue weighted by Crippen LogP contribution is -2.42. The van der Waals surface area contributed by atoms with Gasteiger partial charge in [0.2, 0.25) is 0 Å². The number of benzene rings is 1. The topological polar surface area (TPSA) is 49.8 Å². The second-order valence-electron chi connectivity index (χ2n) is 5.29. The first-order chi connectivity index (χ1) is 9.25. The van der Waals surface area contributed by atoms with Crippen LogP contribution >= 0.6 is 0 Å². The third-order valence-corrected chi connectivity index (χ3v) is 4.11. The first-order valence-electron chi connectivity index (χ1n) is 6.96. The van der Waals surface area contributed by atoms with Gasteiger partial charge in [-0.05, 0) is 49.4 Å². The van der Waals surface area contributed by atoms with Crippen LogP contribution in [0.15, 0.2) is 18.2 Å². The molecule has 1 N–H and O–H groups in total. The highest BCUT2D eigenvalue weighted by Crippen LogP contribution is 2.32. The van der Waals surface area contributed by atoms with Crippen LogP contribution in [0.2, 0.25) is 0 Å². The van der Waals surface area contributed by atoms with Crippen LogP contribution in [-0.4, -0.2) is 36.9 Å². The van der Waals surface area contributed by atoms with Crippen LogP contribution in [0.25, 0.3) is 0 Å². The van der Waals surface area contributed by atoms with Crippen molar-refractivity contribution < 1.29 is 14.6 Å². The molecule has 0 aromatic heterocycles. The van der Waals surface area contributed by atoms with Crippen molar-refractivity contribution in [3.8, 4) is 0 Å². The summed E-state index contributed by atoms with van der Waals surface area (Å²) >= 11 is 0. The lowest BCUT2D eigenvalue weighted by atomic mass is 9.95. The van der Waals surface area contributed by atoms with Crippen molar-refractivity contribution in [1.29, 1.82) is 0 Å². The quantitative estimate of drug-likeness (QED) is 0.887. The molecule has 4 nitrogen and oxygen atoms in total. The monoisotopic (exact) mass is 261 g/mol. The molecule has 0 radical (unpaired) electrons. The van der Waals surface area contributed by atoms with Gasteiger partial charge in [-0.3, -0.25) is 0 Å². The molecule has 2 aliphatic heterocycles. The molecule has 0 unspecified atom stereocenters. The third kappa shape index (κ3) is 2.45. The van der Waals surface area contributed by atoms with Gasteiger partial charge >= 0.3 is 5.97 Å². The first kappa shape index (κ1) is 12.5. The van der Waals surface area contributed by atoms with Crippen molar-refractivity contribution in [2.75, 3.05) is 24.7 Å². The van der Waals surface area contributed by atoms with Crippen LogP contribution in [0, 0.1) is 0 Å². The van der Waals surface area contributed by atoms with Gasteiger partial charge in [-0.2, -0.15) is 0 Å². The Bertz CT molecular complexity index is 480. The fourth-order valence-corrected chi connectivity index (χ4v) is 3.14. The highest BCUT2D eigenvalue weighted by atomic mass is 16.5. The molecular weight excluding hydrogens is 242 g/mol. The van der Waals surface area contributed by atoms with Gasteiger partial charge in [0.15, 0.2) is 0 Å². The molecule has 102 valence electrons. The second kappa shape index (κ2) is 5.21. The highest BCUT2D eigenvalue weighted by molar-refractivity contribution is 5.88. The molecule has 2 aliphatic rings. The maximum absolute atomic E-state index is 11.0. The van der Waals surface area contributed by atoms with Crippen molar-refractivity contribution >= 4 is 11.7 Å². The largest absolute Gasteiger partial charge is 0.478 e. The lowest BCUT2D eigenvalue weighted by Gasteiger charge is -2.39. The molecule has 0 bridgehead atoms. The van der Waals surface area contributed by atoms with E-state index in [2.05, 4.69) is 4.90 Å². The zero-order valence-corrected chi connectivity index (χ0v) is 11.0. The fraction of sp³-hybridized carbons (Fsp3) is 0.533. The van der Waals surface area contributed by atoms with E-state index in [1.54, 1.807) is 6.07 Å². The van der Waals surface area contributed by atoms with E-state index in [4.69, 9.17) is 9.84 Å². The summed E-state index contributed by atoms with van der Waals surface area (Å²) in [7, 11) is 0. The van der Waals surface area contributed by atoms with Gasteiger partial charge < -0.3 is 14.7 Å². The molecule has 0 aliphatic carbocycles. The van der Waals surface area contributed by atoms with Crippen molar-refractivity contribution in [2.45, 2.75) is 31.7 Å². The van der Waals surface area contributed by atoms with Crippen LogP contribution < -0.4 is 4.90 Å². The lowest BCUT2D eigenvalue weighted by molar-refractivity contribution is 0.0697. The van der Waals surface area contributed by atoms with Crippen molar-refractivity contribution in [2.24, 2.45) is 0 Å². The number of carbonyl (C=O) groups is 1. The van der Waals surface area contributed by atoms with E-state index in [1.165, 1.54) is 11.3 Å². The summed E-state index contributed by atoms with van der Waals surface area (Å²) in [4.78, 5) is 13.5. The first-order valence-corrected chi connectivity index (χ1v) is 6.96. The zero-order valence-electron chi connectivity index (χ0n) is 11.0. The summed E-state index contributed by atoms with van der Waals surface area (Å²) in [5, 5.41) is 9.07. The number of rotatable bonds is 2. The number of carboxylic acids is 1. The summed E-state index contributed by atoms with van der Waals surface area (Å²) in [6.07, 6.45) is 4.23. The Kier molecular flexibility index (Phi) is 3.42. The standard InChI is InChI=1S/C15H19NO3/c17-15(18)12-3-4-14-11(10-12)2-1-7-16(14)13-5-8-19-9-6-13/h3-4,10,13H,1-2,5-9H2,(H,17,18). The minimum atomic E-state index is -0.842. The minimum Gasteiger partial charge on any atom is -0.478 e. The number of hydrogen-bond donors (Lipinski definition) is 1. The molecule has 1 aromatic carbocycles. The average Bonchev–Trinajstić information content (AvgIpc) is 2.47. The molecule has 1 aromatic rings. The Morgan fingerprint density at radius 2 is 2.11 bits per heavy atom. The maximum atomic E-state index is 11.0. The number of aryl methyl sites for hydroxylation is 1. The predicted octanol–water partition coefficient (Wildman–Crippen LogP) is 2.32. The molecule has 3 rings (SSSR count). The van der Waals surface area contributed by atoms with E-state index >= 15 is 0 Å². The molecule has 0 spiro atoms. The summed E-state index contributed by atoms with van der Waals surface area (Å²) in [6, 6.07) is 6.08. The van der Waals surface area contributed by atoms with E-state index in [0.29, 0.717) is 11.6 Å². The van der Waals surface area contributed by atoms with Crippen LogP contribution in [0.4, 0.5) is 5.69 Å². The number of aromatic carboxylic acids is 1.